The molecule has 0 fully saturated rings. The summed E-state index contributed by atoms with van der Waals surface area (Å²) in [5.41, 5.74) is 0. The van der Waals surface area contributed by atoms with Gasteiger partial charge in [-0.05, 0) is 43.4 Å². The largest absolute Gasteiger partial charge is 0.472 e. The molecule has 0 radical (unpaired) electrons. The van der Waals surface area contributed by atoms with Gasteiger partial charge in [0.15, 0.2) is 12.2 Å². The maximum Gasteiger partial charge on any atom is 0.472 e. The molecule has 0 amide bonds. The highest BCUT2D eigenvalue weighted by molar-refractivity contribution is 7.47. The minimum Gasteiger partial charge on any atom is -0.462 e. The van der Waals surface area contributed by atoms with Crippen LogP contribution in [0, 0.1) is 17.8 Å². The fourth-order valence-electron chi connectivity index (χ4n) is 11.2. The first-order valence-electron chi connectivity index (χ1n) is 38.4. The Bertz CT molecular complexity index is 1820. The summed E-state index contributed by atoms with van der Waals surface area (Å²) in [5.74, 6) is 0.147. The molecular formula is C74H144O17P2. The first-order chi connectivity index (χ1) is 44.8. The second kappa shape index (κ2) is 64.7. The molecule has 0 aliphatic carbocycles. The third-order valence-corrected chi connectivity index (χ3v) is 19.4. The summed E-state index contributed by atoms with van der Waals surface area (Å²) in [6.45, 7) is 11.8. The van der Waals surface area contributed by atoms with E-state index in [-0.39, 0.29) is 25.7 Å². The molecule has 0 saturated heterocycles. The van der Waals surface area contributed by atoms with Crippen molar-refractivity contribution in [1.82, 2.24) is 0 Å². The van der Waals surface area contributed by atoms with Gasteiger partial charge in [0.05, 0.1) is 26.4 Å². The Morgan fingerprint density at radius 2 is 0.548 bits per heavy atom. The average Bonchev–Trinajstić information content (AvgIpc) is 3.44. The molecule has 0 rings (SSSR count). The summed E-state index contributed by atoms with van der Waals surface area (Å²) in [5, 5.41) is 10.6. The first-order valence-corrected chi connectivity index (χ1v) is 41.4. The summed E-state index contributed by atoms with van der Waals surface area (Å²) < 4.78 is 68.4. The zero-order valence-electron chi connectivity index (χ0n) is 60.7. The molecule has 0 spiro atoms. The van der Waals surface area contributed by atoms with Gasteiger partial charge in [-0.15, -0.1) is 0 Å². The van der Waals surface area contributed by atoms with Crippen LogP contribution in [0.4, 0.5) is 0 Å². The highest BCUT2D eigenvalue weighted by Gasteiger charge is 2.30. The van der Waals surface area contributed by atoms with E-state index in [2.05, 4.69) is 48.5 Å². The molecule has 0 aliphatic heterocycles. The molecule has 93 heavy (non-hydrogen) atoms. The van der Waals surface area contributed by atoms with Crippen LogP contribution in [-0.2, 0) is 65.4 Å². The van der Waals surface area contributed by atoms with E-state index in [1.165, 1.54) is 180 Å². The van der Waals surface area contributed by atoms with Crippen LogP contribution in [0.3, 0.4) is 0 Å². The van der Waals surface area contributed by atoms with Gasteiger partial charge in [0, 0.05) is 25.7 Å². The van der Waals surface area contributed by atoms with Crippen LogP contribution in [0.25, 0.3) is 0 Å². The molecule has 19 heteroatoms. The van der Waals surface area contributed by atoms with Crippen LogP contribution in [0.1, 0.15) is 376 Å². The van der Waals surface area contributed by atoms with Gasteiger partial charge in [-0.2, -0.15) is 0 Å². The summed E-state index contributed by atoms with van der Waals surface area (Å²) >= 11 is 0. The van der Waals surface area contributed by atoms with Crippen molar-refractivity contribution in [3.63, 3.8) is 0 Å². The van der Waals surface area contributed by atoms with E-state index in [1.54, 1.807) is 0 Å². The average molecular weight is 1370 g/mol. The van der Waals surface area contributed by atoms with Gasteiger partial charge in [0.2, 0.25) is 0 Å². The van der Waals surface area contributed by atoms with E-state index >= 15 is 0 Å². The number of phosphoric acid groups is 2. The number of unbranched alkanes of at least 4 members (excludes halogenated alkanes) is 39. The van der Waals surface area contributed by atoms with Gasteiger partial charge in [-0.1, -0.05) is 325 Å². The number of ether oxygens (including phenoxy) is 4. The lowest BCUT2D eigenvalue weighted by Crippen LogP contribution is -2.30. The van der Waals surface area contributed by atoms with E-state index in [4.69, 9.17) is 37.0 Å². The third kappa shape index (κ3) is 67.0. The second-order valence-corrected chi connectivity index (χ2v) is 30.8. The molecule has 6 atom stereocenters. The van der Waals surface area contributed by atoms with E-state index in [9.17, 15) is 43.2 Å². The molecule has 0 bridgehead atoms. The molecule has 0 aromatic carbocycles. The third-order valence-electron chi connectivity index (χ3n) is 17.5. The van der Waals surface area contributed by atoms with Crippen molar-refractivity contribution in [2.24, 2.45) is 17.8 Å². The Labute approximate surface area is 568 Å². The molecule has 552 valence electrons. The SMILES string of the molecule is CCCCCCCCCCCCCCCCC(=O)OC[C@H](COP(=O)(O)OC[C@@H](O)COP(=O)(O)OC[C@@H](COC(=O)CCCCCCCCCC(C)C)OC(=O)CCCCCCCCCCC(C)C)OC(=O)CCCCCCCCCCCCCCCCC(C)CC. The minimum absolute atomic E-state index is 0.104. The molecule has 0 aliphatic rings. The van der Waals surface area contributed by atoms with Crippen molar-refractivity contribution < 1.29 is 80.2 Å². The Balaban J connectivity index is 5.24. The number of hydrogen-bond acceptors (Lipinski definition) is 15. The van der Waals surface area contributed by atoms with Crippen LogP contribution >= 0.6 is 15.6 Å². The van der Waals surface area contributed by atoms with Crippen molar-refractivity contribution in [2.45, 2.75) is 394 Å². The van der Waals surface area contributed by atoms with E-state index in [0.29, 0.717) is 31.6 Å². The standard InChI is InChI=1S/C74H144O17P2/c1-8-10-11-12-13-14-15-16-20-23-26-34-41-48-55-71(76)84-61-69(90-73(78)57-50-43-35-27-24-21-18-17-19-22-25-33-40-47-54-67(7)9-2)63-88-92(80,81)86-59-68(75)60-87-93(82,83)89-64-70(62-85-72(77)56-49-42-37-30-32-39-46-53-66(5)6)91-74(79)58-51-44-36-29-28-31-38-45-52-65(3)4/h65-70,75H,8-64H2,1-7H3,(H,80,81)(H,82,83)/t67?,68-,69-,70-/m1/s1. The van der Waals surface area contributed by atoms with Crippen LogP contribution in [0.2, 0.25) is 0 Å². The highest BCUT2D eigenvalue weighted by Crippen LogP contribution is 2.45. The van der Waals surface area contributed by atoms with Gasteiger partial charge in [-0.25, -0.2) is 9.13 Å². The summed E-state index contributed by atoms with van der Waals surface area (Å²) in [6, 6.07) is 0. The first kappa shape index (κ1) is 91.1. The van der Waals surface area contributed by atoms with Crippen molar-refractivity contribution >= 4 is 39.5 Å². The van der Waals surface area contributed by atoms with Crippen molar-refractivity contribution in [1.29, 1.82) is 0 Å². The Morgan fingerprint density at radius 3 is 0.817 bits per heavy atom. The van der Waals surface area contributed by atoms with Crippen molar-refractivity contribution in [3.8, 4) is 0 Å². The van der Waals surface area contributed by atoms with Crippen LogP contribution in [0.5, 0.6) is 0 Å². The van der Waals surface area contributed by atoms with Crippen LogP contribution in [0.15, 0.2) is 0 Å². The number of esters is 4. The molecule has 3 N–H and O–H groups in total. The molecule has 3 unspecified atom stereocenters. The number of rotatable bonds is 72. The minimum atomic E-state index is -4.96. The highest BCUT2D eigenvalue weighted by atomic mass is 31.2. The monoisotopic (exact) mass is 1370 g/mol. The van der Waals surface area contributed by atoms with Crippen molar-refractivity contribution in [3.05, 3.63) is 0 Å². The van der Waals surface area contributed by atoms with Gasteiger partial charge < -0.3 is 33.8 Å². The topological polar surface area (TPSA) is 237 Å². The normalized spacial score (nSPS) is 14.4. The number of carbonyl (C=O) groups excluding carboxylic acids is 4. The number of hydrogen-bond donors (Lipinski definition) is 3. The van der Waals surface area contributed by atoms with Crippen molar-refractivity contribution in [2.75, 3.05) is 39.6 Å². The Hall–Kier alpha value is -1.94. The van der Waals surface area contributed by atoms with Crippen LogP contribution < -0.4 is 0 Å². The number of carbonyl (C=O) groups is 4. The predicted molar refractivity (Wildman–Crippen MR) is 377 cm³/mol. The summed E-state index contributed by atoms with van der Waals surface area (Å²) in [7, 11) is -9.91. The number of aliphatic hydroxyl groups is 1. The molecule has 17 nitrogen and oxygen atoms in total. The smallest absolute Gasteiger partial charge is 0.462 e. The quantitative estimate of drug-likeness (QED) is 0.0222. The molecule has 0 aromatic heterocycles. The Morgan fingerprint density at radius 1 is 0.312 bits per heavy atom. The van der Waals surface area contributed by atoms with E-state index < -0.39 is 97.5 Å². The van der Waals surface area contributed by atoms with Gasteiger partial charge in [0.25, 0.3) is 0 Å². The zero-order valence-corrected chi connectivity index (χ0v) is 62.5. The fourth-order valence-corrected chi connectivity index (χ4v) is 12.8. The van der Waals surface area contributed by atoms with Gasteiger partial charge in [-0.3, -0.25) is 37.3 Å². The Kier molecular flexibility index (Phi) is 63.4. The molecular weight excluding hydrogens is 1220 g/mol. The number of aliphatic hydroxyl groups excluding tert-OH is 1. The lowest BCUT2D eigenvalue weighted by molar-refractivity contribution is -0.161. The van der Waals surface area contributed by atoms with E-state index in [0.717, 1.165) is 108 Å². The lowest BCUT2D eigenvalue weighted by atomic mass is 9.99. The lowest BCUT2D eigenvalue weighted by Gasteiger charge is -2.21. The number of phosphoric ester groups is 2. The molecule has 0 heterocycles. The maximum absolute atomic E-state index is 13.1. The maximum atomic E-state index is 13.1. The molecule has 0 saturated carbocycles. The summed E-state index contributed by atoms with van der Waals surface area (Å²) in [4.78, 5) is 72.7. The molecule has 0 aromatic rings. The van der Waals surface area contributed by atoms with Gasteiger partial charge in [0.1, 0.15) is 19.3 Å². The van der Waals surface area contributed by atoms with E-state index in [1.807, 2.05) is 0 Å². The zero-order chi connectivity index (χ0) is 68.7. The van der Waals surface area contributed by atoms with Gasteiger partial charge >= 0.3 is 39.5 Å². The van der Waals surface area contributed by atoms with Crippen LogP contribution in [-0.4, -0.2) is 96.7 Å². The predicted octanol–water partition coefficient (Wildman–Crippen LogP) is 21.4. The summed E-state index contributed by atoms with van der Waals surface area (Å²) in [6.07, 6.45) is 50.0. The second-order valence-electron chi connectivity index (χ2n) is 27.9. The fraction of sp³-hybridized carbons (Fsp3) is 0.946.